The molecule has 4 heteroatoms. The molecule has 1 aliphatic carbocycles. The van der Waals surface area contributed by atoms with Crippen LogP contribution < -0.4 is 0 Å². The number of aliphatic carboxylic acids is 1. The van der Waals surface area contributed by atoms with Gasteiger partial charge in [-0.2, -0.15) is 0 Å². The number of hydrogen-bond donors (Lipinski definition) is 1. The van der Waals surface area contributed by atoms with Crippen LogP contribution in [0.15, 0.2) is 24.3 Å². The van der Waals surface area contributed by atoms with E-state index in [2.05, 4.69) is 12.1 Å². The molecule has 1 amide bonds. The first-order chi connectivity index (χ1) is 10.0. The summed E-state index contributed by atoms with van der Waals surface area (Å²) in [5.74, 6) is -1.10. The number of benzene rings is 1. The summed E-state index contributed by atoms with van der Waals surface area (Å²) in [6.07, 6.45) is 3.45. The summed E-state index contributed by atoms with van der Waals surface area (Å²) in [5.41, 5.74) is 1.89. The lowest BCUT2D eigenvalue weighted by molar-refractivity contribution is -0.142. The van der Waals surface area contributed by atoms with Crippen molar-refractivity contribution in [2.75, 3.05) is 13.1 Å². The van der Waals surface area contributed by atoms with Gasteiger partial charge in [0.2, 0.25) is 5.91 Å². The lowest BCUT2D eigenvalue weighted by Crippen LogP contribution is -2.46. The number of aryl methyl sites for hydroxylation is 1. The first-order valence-corrected chi connectivity index (χ1v) is 7.63. The molecule has 112 valence electrons. The summed E-state index contributed by atoms with van der Waals surface area (Å²) < 4.78 is 0. The number of nitrogens with zero attached hydrogens (tertiary/aromatic N) is 1. The highest BCUT2D eigenvalue weighted by molar-refractivity contribution is 5.89. The molecule has 1 aliphatic heterocycles. The molecule has 2 aliphatic rings. The maximum Gasteiger partial charge on any atom is 0.308 e. The molecule has 0 spiro atoms. The van der Waals surface area contributed by atoms with Gasteiger partial charge in [0, 0.05) is 13.1 Å². The third-order valence-corrected chi connectivity index (χ3v) is 5.03. The van der Waals surface area contributed by atoms with Gasteiger partial charge in [0.1, 0.15) is 0 Å². The average Bonchev–Trinajstić information content (AvgIpc) is 2.97. The average molecular weight is 287 g/mol. The first-order valence-electron chi connectivity index (χ1n) is 7.63. The predicted molar refractivity (Wildman–Crippen MR) is 79.1 cm³/mol. The minimum atomic E-state index is -0.792. The van der Waals surface area contributed by atoms with Crippen LogP contribution in [0.5, 0.6) is 0 Å². The summed E-state index contributed by atoms with van der Waals surface area (Å²) in [6, 6.07) is 8.16. The molecular formula is C17H21NO3. The Morgan fingerprint density at radius 3 is 2.81 bits per heavy atom. The van der Waals surface area contributed by atoms with E-state index in [1.54, 1.807) is 4.90 Å². The fourth-order valence-corrected chi connectivity index (χ4v) is 3.76. The highest BCUT2D eigenvalue weighted by Gasteiger charge is 2.43. The number of carbonyl (C=O) groups excluding carboxylic acids is 1. The molecule has 1 saturated heterocycles. The molecule has 3 rings (SSSR count). The van der Waals surface area contributed by atoms with Crippen LogP contribution in [0.1, 0.15) is 37.3 Å². The van der Waals surface area contributed by atoms with Crippen molar-refractivity contribution in [3.8, 4) is 0 Å². The fourth-order valence-electron chi connectivity index (χ4n) is 3.76. The minimum Gasteiger partial charge on any atom is -0.481 e. The largest absolute Gasteiger partial charge is 0.481 e. The van der Waals surface area contributed by atoms with Crippen LogP contribution in [0.3, 0.4) is 0 Å². The summed E-state index contributed by atoms with van der Waals surface area (Å²) in [7, 11) is 0. The summed E-state index contributed by atoms with van der Waals surface area (Å²) in [6.45, 7) is 2.93. The second-order valence-corrected chi connectivity index (χ2v) is 6.42. The Balaban J connectivity index is 1.87. The maximum absolute atomic E-state index is 13.0. The highest BCUT2D eigenvalue weighted by atomic mass is 16.4. The molecule has 1 aromatic carbocycles. The molecule has 1 fully saturated rings. The summed E-state index contributed by atoms with van der Waals surface area (Å²) in [5, 5.41) is 9.11. The molecule has 0 radical (unpaired) electrons. The minimum absolute atomic E-state index is 0.0957. The van der Waals surface area contributed by atoms with Crippen molar-refractivity contribution >= 4 is 11.9 Å². The zero-order valence-electron chi connectivity index (χ0n) is 12.3. The van der Waals surface area contributed by atoms with E-state index in [-0.39, 0.29) is 5.91 Å². The van der Waals surface area contributed by atoms with Gasteiger partial charge >= 0.3 is 5.97 Å². The molecule has 1 aromatic rings. The van der Waals surface area contributed by atoms with Gasteiger partial charge in [0.05, 0.1) is 11.3 Å². The smallest absolute Gasteiger partial charge is 0.308 e. The maximum atomic E-state index is 13.0. The number of likely N-dealkylation sites (tertiary alicyclic amines) is 1. The van der Waals surface area contributed by atoms with Gasteiger partial charge in [0.25, 0.3) is 0 Å². The lowest BCUT2D eigenvalue weighted by atomic mass is 9.70. The van der Waals surface area contributed by atoms with E-state index in [1.807, 2.05) is 19.1 Å². The number of carboxylic acid groups (broad SMARTS) is 1. The summed E-state index contributed by atoms with van der Waals surface area (Å²) >= 11 is 0. The number of carboxylic acids is 1. The first kappa shape index (κ1) is 14.1. The Morgan fingerprint density at radius 2 is 2.10 bits per heavy atom. The second-order valence-electron chi connectivity index (χ2n) is 6.42. The van der Waals surface area contributed by atoms with Crippen molar-refractivity contribution in [1.29, 1.82) is 0 Å². The van der Waals surface area contributed by atoms with Gasteiger partial charge in [-0.3, -0.25) is 9.59 Å². The molecule has 1 N–H and O–H groups in total. The van der Waals surface area contributed by atoms with Gasteiger partial charge in [-0.15, -0.1) is 0 Å². The van der Waals surface area contributed by atoms with Crippen LogP contribution in [0.25, 0.3) is 0 Å². The summed E-state index contributed by atoms with van der Waals surface area (Å²) in [4.78, 5) is 25.8. The van der Waals surface area contributed by atoms with E-state index in [9.17, 15) is 9.59 Å². The van der Waals surface area contributed by atoms with Crippen molar-refractivity contribution in [1.82, 2.24) is 4.90 Å². The lowest BCUT2D eigenvalue weighted by Gasteiger charge is -2.37. The Bertz CT molecular complexity index is 583. The van der Waals surface area contributed by atoms with Crippen molar-refractivity contribution in [3.63, 3.8) is 0 Å². The predicted octanol–water partition coefficient (Wildman–Crippen LogP) is 2.21. The monoisotopic (exact) mass is 287 g/mol. The molecule has 4 nitrogen and oxygen atoms in total. The van der Waals surface area contributed by atoms with E-state index in [0.29, 0.717) is 19.5 Å². The second kappa shape index (κ2) is 5.17. The Hall–Kier alpha value is -1.84. The van der Waals surface area contributed by atoms with E-state index in [0.717, 1.165) is 24.8 Å². The fraction of sp³-hybridized carbons (Fsp3) is 0.529. The molecule has 0 unspecified atom stereocenters. The quantitative estimate of drug-likeness (QED) is 0.907. The van der Waals surface area contributed by atoms with Crippen molar-refractivity contribution in [2.24, 2.45) is 5.92 Å². The van der Waals surface area contributed by atoms with Crippen LogP contribution in [0.2, 0.25) is 0 Å². The normalized spacial score (nSPS) is 28.2. The van der Waals surface area contributed by atoms with Crippen LogP contribution in [-0.2, 0) is 21.4 Å². The number of amides is 1. The number of rotatable bonds is 2. The Morgan fingerprint density at radius 1 is 1.33 bits per heavy atom. The Labute approximate surface area is 124 Å². The number of carbonyl (C=O) groups is 2. The molecule has 0 aromatic heterocycles. The molecular weight excluding hydrogens is 266 g/mol. The molecule has 0 bridgehead atoms. The van der Waals surface area contributed by atoms with Gasteiger partial charge in [-0.05, 0) is 43.7 Å². The molecule has 0 saturated carbocycles. The van der Waals surface area contributed by atoms with Crippen molar-refractivity contribution in [3.05, 3.63) is 35.4 Å². The van der Waals surface area contributed by atoms with Crippen molar-refractivity contribution < 1.29 is 14.7 Å². The van der Waals surface area contributed by atoms with Crippen LogP contribution in [0, 0.1) is 5.92 Å². The van der Waals surface area contributed by atoms with E-state index in [1.165, 1.54) is 5.56 Å². The van der Waals surface area contributed by atoms with E-state index >= 15 is 0 Å². The molecule has 1 heterocycles. The van der Waals surface area contributed by atoms with Crippen molar-refractivity contribution in [2.45, 2.75) is 38.0 Å². The topological polar surface area (TPSA) is 57.6 Å². The van der Waals surface area contributed by atoms with Crippen LogP contribution in [-0.4, -0.2) is 35.0 Å². The van der Waals surface area contributed by atoms with Crippen LogP contribution in [0.4, 0.5) is 0 Å². The number of fused-ring (bicyclic) bond motifs is 1. The van der Waals surface area contributed by atoms with Gasteiger partial charge in [-0.1, -0.05) is 24.3 Å². The van der Waals surface area contributed by atoms with E-state index in [4.69, 9.17) is 5.11 Å². The zero-order valence-corrected chi connectivity index (χ0v) is 12.3. The van der Waals surface area contributed by atoms with Gasteiger partial charge in [0.15, 0.2) is 0 Å². The van der Waals surface area contributed by atoms with Gasteiger partial charge < -0.3 is 10.0 Å². The van der Waals surface area contributed by atoms with Gasteiger partial charge in [-0.25, -0.2) is 0 Å². The van der Waals surface area contributed by atoms with Crippen LogP contribution >= 0.6 is 0 Å². The number of hydrogen-bond acceptors (Lipinski definition) is 2. The standard InChI is InChI=1S/C17H21NO3/c1-17(9-4-6-12-5-2-3-7-14(12)17)16(21)18-10-8-13(11-18)15(19)20/h2-3,5,7,13H,4,6,8-11H2,1H3,(H,19,20)/t13-,17-/m1/s1. The zero-order chi connectivity index (χ0) is 15.0. The SMILES string of the molecule is C[C@@]1(C(=O)N2CC[C@@H](C(=O)O)C2)CCCc2ccccc21. The van der Waals surface area contributed by atoms with E-state index < -0.39 is 17.3 Å². The highest BCUT2D eigenvalue weighted by Crippen LogP contribution is 2.39. The Kier molecular flexibility index (Phi) is 3.47. The third kappa shape index (κ3) is 2.33. The molecule has 2 atom stereocenters. The molecule has 21 heavy (non-hydrogen) atoms. The third-order valence-electron chi connectivity index (χ3n) is 5.03.